The Hall–Kier alpha value is -0.610. The third-order valence-corrected chi connectivity index (χ3v) is 3.75. The predicted molar refractivity (Wildman–Crippen MR) is 63.9 cm³/mol. The molecule has 16 heavy (non-hydrogen) atoms. The van der Waals surface area contributed by atoms with Crippen LogP contribution in [-0.4, -0.2) is 28.7 Å². The van der Waals surface area contributed by atoms with E-state index < -0.39 is 5.54 Å². The molecule has 0 unspecified atom stereocenters. The molecule has 0 aromatic rings. The lowest BCUT2D eigenvalue weighted by Crippen LogP contribution is -2.56. The Morgan fingerprint density at radius 2 is 1.81 bits per heavy atom. The van der Waals surface area contributed by atoms with Crippen molar-refractivity contribution in [2.45, 2.75) is 70.1 Å². The van der Waals surface area contributed by atoms with Gasteiger partial charge < -0.3 is 16.2 Å². The Morgan fingerprint density at radius 1 is 1.31 bits per heavy atom. The zero-order valence-corrected chi connectivity index (χ0v) is 10.3. The van der Waals surface area contributed by atoms with Crippen molar-refractivity contribution in [2.75, 3.05) is 0 Å². The fourth-order valence-electron chi connectivity index (χ4n) is 2.12. The predicted octanol–water partition coefficient (Wildman–Crippen LogP) is 0.924. The fraction of sp³-hybridized carbons (Fsp3) is 0.917. The van der Waals surface area contributed by atoms with Crippen LogP contribution in [-0.2, 0) is 4.79 Å². The molecule has 4 nitrogen and oxygen atoms in total. The van der Waals surface area contributed by atoms with E-state index in [-0.39, 0.29) is 18.1 Å². The number of hydrogen-bond donors (Lipinski definition) is 3. The van der Waals surface area contributed by atoms with E-state index in [2.05, 4.69) is 5.32 Å². The molecule has 0 bridgehead atoms. The van der Waals surface area contributed by atoms with E-state index in [1.165, 1.54) is 0 Å². The number of hydrogen-bond acceptors (Lipinski definition) is 3. The van der Waals surface area contributed by atoms with Crippen LogP contribution in [0.5, 0.6) is 0 Å². The van der Waals surface area contributed by atoms with E-state index in [1.807, 2.05) is 13.8 Å². The Kier molecular flexibility index (Phi) is 4.74. The van der Waals surface area contributed by atoms with Crippen molar-refractivity contribution in [3.63, 3.8) is 0 Å². The molecule has 4 heteroatoms. The Labute approximate surface area is 97.6 Å². The maximum absolute atomic E-state index is 12.0. The molecule has 0 saturated heterocycles. The third-order valence-electron chi connectivity index (χ3n) is 3.75. The topological polar surface area (TPSA) is 75.4 Å². The van der Waals surface area contributed by atoms with Crippen LogP contribution in [0.2, 0.25) is 0 Å². The number of carbonyl (C=O) groups is 1. The minimum absolute atomic E-state index is 0.0427. The van der Waals surface area contributed by atoms with Crippen LogP contribution in [0, 0.1) is 0 Å². The van der Waals surface area contributed by atoms with Crippen molar-refractivity contribution in [1.29, 1.82) is 0 Å². The molecule has 1 saturated carbocycles. The van der Waals surface area contributed by atoms with Gasteiger partial charge >= 0.3 is 0 Å². The van der Waals surface area contributed by atoms with Crippen molar-refractivity contribution in [2.24, 2.45) is 5.73 Å². The first-order chi connectivity index (χ1) is 7.51. The first-order valence-corrected chi connectivity index (χ1v) is 6.29. The minimum Gasteiger partial charge on any atom is -0.393 e. The number of aliphatic hydroxyl groups is 1. The summed E-state index contributed by atoms with van der Waals surface area (Å²) in [4.78, 5) is 12.0. The van der Waals surface area contributed by atoms with Gasteiger partial charge in [-0.25, -0.2) is 0 Å². The van der Waals surface area contributed by atoms with Crippen molar-refractivity contribution < 1.29 is 9.90 Å². The van der Waals surface area contributed by atoms with E-state index in [0.29, 0.717) is 12.8 Å². The number of aliphatic hydroxyl groups excluding tert-OH is 1. The van der Waals surface area contributed by atoms with Gasteiger partial charge in [-0.15, -0.1) is 0 Å². The molecule has 0 aromatic heterocycles. The fourth-order valence-corrected chi connectivity index (χ4v) is 2.12. The van der Waals surface area contributed by atoms with E-state index in [4.69, 9.17) is 5.73 Å². The monoisotopic (exact) mass is 228 g/mol. The smallest absolute Gasteiger partial charge is 0.240 e. The summed E-state index contributed by atoms with van der Waals surface area (Å²) < 4.78 is 0. The summed E-state index contributed by atoms with van der Waals surface area (Å²) in [7, 11) is 0. The third kappa shape index (κ3) is 3.19. The normalized spacial score (nSPS) is 26.5. The first-order valence-electron chi connectivity index (χ1n) is 6.29. The minimum atomic E-state index is -0.726. The maximum Gasteiger partial charge on any atom is 0.240 e. The SMILES string of the molecule is CCC(N)(CC)C(=O)NC1CCC(O)CC1. The van der Waals surface area contributed by atoms with Gasteiger partial charge in [0.05, 0.1) is 11.6 Å². The quantitative estimate of drug-likeness (QED) is 0.670. The molecule has 94 valence electrons. The van der Waals surface area contributed by atoms with Crippen LogP contribution in [0.3, 0.4) is 0 Å². The number of carbonyl (C=O) groups excluding carboxylic acids is 1. The van der Waals surface area contributed by atoms with Gasteiger partial charge in [0, 0.05) is 6.04 Å². The standard InChI is InChI=1S/C12H24N2O2/c1-3-12(13,4-2)11(16)14-9-5-7-10(15)8-6-9/h9-10,15H,3-8,13H2,1-2H3,(H,14,16). The molecule has 1 aliphatic carbocycles. The van der Waals surface area contributed by atoms with Gasteiger partial charge in [0.25, 0.3) is 0 Å². The lowest BCUT2D eigenvalue weighted by molar-refractivity contribution is -0.127. The molecule has 0 aliphatic heterocycles. The summed E-state index contributed by atoms with van der Waals surface area (Å²) in [6.07, 6.45) is 4.40. The van der Waals surface area contributed by atoms with Crippen LogP contribution >= 0.6 is 0 Å². The summed E-state index contributed by atoms with van der Waals surface area (Å²) in [6.45, 7) is 3.88. The van der Waals surface area contributed by atoms with Gasteiger partial charge in [0.1, 0.15) is 0 Å². The molecule has 0 spiro atoms. The maximum atomic E-state index is 12.0. The Bertz CT molecular complexity index is 231. The van der Waals surface area contributed by atoms with Crippen LogP contribution in [0.4, 0.5) is 0 Å². The second-order valence-corrected chi connectivity index (χ2v) is 4.84. The van der Waals surface area contributed by atoms with Crippen LogP contribution in [0.15, 0.2) is 0 Å². The van der Waals surface area contributed by atoms with Crippen molar-refractivity contribution in [3.8, 4) is 0 Å². The van der Waals surface area contributed by atoms with Gasteiger partial charge in [-0.3, -0.25) is 4.79 Å². The summed E-state index contributed by atoms with van der Waals surface area (Å²) in [5, 5.41) is 12.4. The molecule has 1 amide bonds. The second-order valence-electron chi connectivity index (χ2n) is 4.84. The summed E-state index contributed by atoms with van der Waals surface area (Å²) in [5.41, 5.74) is 5.30. The van der Waals surface area contributed by atoms with E-state index in [1.54, 1.807) is 0 Å². The van der Waals surface area contributed by atoms with Crippen LogP contribution < -0.4 is 11.1 Å². The summed E-state index contributed by atoms with van der Waals surface area (Å²) >= 11 is 0. The highest BCUT2D eigenvalue weighted by atomic mass is 16.3. The van der Waals surface area contributed by atoms with Crippen LogP contribution in [0.25, 0.3) is 0 Å². The van der Waals surface area contributed by atoms with Crippen LogP contribution in [0.1, 0.15) is 52.4 Å². The van der Waals surface area contributed by atoms with Gasteiger partial charge in [0.2, 0.25) is 5.91 Å². The molecule has 4 N–H and O–H groups in total. The molecule has 0 heterocycles. The van der Waals surface area contributed by atoms with Gasteiger partial charge in [0.15, 0.2) is 0 Å². The number of amides is 1. The summed E-state index contributed by atoms with van der Waals surface area (Å²) in [6, 6.07) is 0.192. The average molecular weight is 228 g/mol. The zero-order valence-electron chi connectivity index (χ0n) is 10.3. The van der Waals surface area contributed by atoms with E-state index >= 15 is 0 Å². The highest BCUT2D eigenvalue weighted by Crippen LogP contribution is 2.20. The molecule has 0 aromatic carbocycles. The van der Waals surface area contributed by atoms with Crippen molar-refractivity contribution in [1.82, 2.24) is 5.32 Å². The molecule has 1 aliphatic rings. The van der Waals surface area contributed by atoms with Gasteiger partial charge in [-0.1, -0.05) is 13.8 Å². The van der Waals surface area contributed by atoms with Crippen molar-refractivity contribution in [3.05, 3.63) is 0 Å². The zero-order chi connectivity index (χ0) is 12.2. The largest absolute Gasteiger partial charge is 0.393 e. The highest BCUT2D eigenvalue weighted by molar-refractivity contribution is 5.86. The number of rotatable bonds is 4. The molecule has 0 radical (unpaired) electrons. The van der Waals surface area contributed by atoms with E-state index in [0.717, 1.165) is 25.7 Å². The Balaban J connectivity index is 2.45. The lowest BCUT2D eigenvalue weighted by atomic mass is 9.89. The molecule has 1 rings (SSSR count). The van der Waals surface area contributed by atoms with Crippen molar-refractivity contribution >= 4 is 5.91 Å². The van der Waals surface area contributed by atoms with Gasteiger partial charge in [-0.05, 0) is 38.5 Å². The van der Waals surface area contributed by atoms with E-state index in [9.17, 15) is 9.90 Å². The summed E-state index contributed by atoms with van der Waals surface area (Å²) in [5.74, 6) is -0.0427. The molecule has 0 atom stereocenters. The van der Waals surface area contributed by atoms with Gasteiger partial charge in [-0.2, -0.15) is 0 Å². The Morgan fingerprint density at radius 3 is 2.25 bits per heavy atom. The molecular weight excluding hydrogens is 204 g/mol. The number of nitrogens with one attached hydrogen (secondary N) is 1. The average Bonchev–Trinajstić information content (AvgIpc) is 2.31. The first kappa shape index (κ1) is 13.5. The number of nitrogens with two attached hydrogens (primary N) is 1. The lowest BCUT2D eigenvalue weighted by Gasteiger charge is -2.31. The second kappa shape index (κ2) is 5.64. The molecular formula is C12H24N2O2. The molecule has 1 fully saturated rings. The highest BCUT2D eigenvalue weighted by Gasteiger charge is 2.32.